The van der Waals surface area contributed by atoms with Gasteiger partial charge in [0.15, 0.2) is 0 Å². The summed E-state index contributed by atoms with van der Waals surface area (Å²) in [7, 11) is 0. The molecule has 0 aliphatic carbocycles. The predicted molar refractivity (Wildman–Crippen MR) is 89.2 cm³/mol. The molecule has 3 rings (SSSR count). The van der Waals surface area contributed by atoms with Crippen molar-refractivity contribution in [3.05, 3.63) is 52.0 Å². The van der Waals surface area contributed by atoms with Gasteiger partial charge >= 0.3 is 0 Å². The van der Waals surface area contributed by atoms with Crippen LogP contribution < -0.4 is 5.32 Å². The van der Waals surface area contributed by atoms with E-state index in [4.69, 9.17) is 0 Å². The van der Waals surface area contributed by atoms with E-state index in [2.05, 4.69) is 24.1 Å². The van der Waals surface area contributed by atoms with E-state index in [0.29, 0.717) is 5.75 Å². The molecule has 0 radical (unpaired) electrons. The van der Waals surface area contributed by atoms with E-state index in [1.165, 1.54) is 4.88 Å². The molecule has 1 aromatic heterocycles. The van der Waals surface area contributed by atoms with Gasteiger partial charge in [-0.3, -0.25) is 0 Å². The van der Waals surface area contributed by atoms with Gasteiger partial charge < -0.3 is 10.4 Å². The van der Waals surface area contributed by atoms with Gasteiger partial charge in [0.25, 0.3) is 0 Å². The molecule has 2 aromatic carbocycles. The molecule has 1 heterocycles. The first-order valence-electron chi connectivity index (χ1n) is 6.97. The molecule has 3 nitrogen and oxygen atoms in total. The molecule has 108 valence electrons. The molecule has 0 fully saturated rings. The van der Waals surface area contributed by atoms with Crippen molar-refractivity contribution in [3.63, 3.8) is 0 Å². The summed E-state index contributed by atoms with van der Waals surface area (Å²) < 4.78 is 0. The molecule has 1 atom stereocenters. The molecule has 0 aliphatic heterocycles. The first kappa shape index (κ1) is 13.9. The third kappa shape index (κ3) is 2.59. The van der Waals surface area contributed by atoms with E-state index in [-0.39, 0.29) is 6.04 Å². The molecular weight excluding hydrogens is 280 g/mol. The van der Waals surface area contributed by atoms with E-state index < -0.39 is 0 Å². The van der Waals surface area contributed by atoms with Crippen molar-refractivity contribution in [1.82, 2.24) is 4.98 Å². The highest BCUT2D eigenvalue weighted by Crippen LogP contribution is 2.32. The summed E-state index contributed by atoms with van der Waals surface area (Å²) in [5.74, 6) is 0.310. The molecule has 0 saturated heterocycles. The fourth-order valence-corrected chi connectivity index (χ4v) is 3.58. The van der Waals surface area contributed by atoms with Gasteiger partial charge in [-0.2, -0.15) is 0 Å². The van der Waals surface area contributed by atoms with E-state index in [1.54, 1.807) is 17.4 Å². The lowest BCUT2D eigenvalue weighted by atomic mass is 10.1. The zero-order valence-corrected chi connectivity index (χ0v) is 13.2. The number of aromatic nitrogens is 1. The van der Waals surface area contributed by atoms with E-state index in [9.17, 15) is 5.11 Å². The Balaban J connectivity index is 1.98. The van der Waals surface area contributed by atoms with Crippen molar-refractivity contribution < 1.29 is 5.11 Å². The number of hydrogen-bond acceptors (Lipinski definition) is 4. The number of thiazole rings is 1. The molecule has 2 N–H and O–H groups in total. The van der Waals surface area contributed by atoms with Gasteiger partial charge in [0.1, 0.15) is 5.75 Å². The van der Waals surface area contributed by atoms with Crippen LogP contribution in [0.5, 0.6) is 5.75 Å². The SMILES string of the molecule is Cc1nc(C(C)Nc2cccc3c(O)cccc23)c(C)s1. The lowest BCUT2D eigenvalue weighted by Gasteiger charge is -2.16. The van der Waals surface area contributed by atoms with E-state index >= 15 is 0 Å². The van der Waals surface area contributed by atoms with Crippen LogP contribution in [-0.4, -0.2) is 10.1 Å². The van der Waals surface area contributed by atoms with Crippen LogP contribution in [0.3, 0.4) is 0 Å². The first-order chi connectivity index (χ1) is 10.1. The van der Waals surface area contributed by atoms with Crippen LogP contribution in [0.15, 0.2) is 36.4 Å². The average Bonchev–Trinajstić information content (AvgIpc) is 2.79. The zero-order chi connectivity index (χ0) is 15.0. The Morgan fingerprint density at radius 2 is 1.81 bits per heavy atom. The highest BCUT2D eigenvalue weighted by molar-refractivity contribution is 7.11. The Bertz CT molecular complexity index is 795. The summed E-state index contributed by atoms with van der Waals surface area (Å²) >= 11 is 1.72. The van der Waals surface area contributed by atoms with Crippen molar-refractivity contribution in [2.24, 2.45) is 0 Å². The Morgan fingerprint density at radius 1 is 1.10 bits per heavy atom. The number of rotatable bonds is 3. The molecule has 1 unspecified atom stereocenters. The van der Waals surface area contributed by atoms with E-state index in [1.807, 2.05) is 37.3 Å². The lowest BCUT2D eigenvalue weighted by Crippen LogP contribution is -2.08. The molecule has 0 bridgehead atoms. The maximum absolute atomic E-state index is 9.96. The van der Waals surface area contributed by atoms with Crippen LogP contribution in [0.4, 0.5) is 5.69 Å². The van der Waals surface area contributed by atoms with Crippen LogP contribution in [0.1, 0.15) is 28.5 Å². The molecule has 4 heteroatoms. The van der Waals surface area contributed by atoms with Gasteiger partial charge in [-0.15, -0.1) is 11.3 Å². The molecular formula is C17H18N2OS. The number of hydrogen-bond donors (Lipinski definition) is 2. The highest BCUT2D eigenvalue weighted by atomic mass is 32.1. The van der Waals surface area contributed by atoms with Crippen LogP contribution in [0.25, 0.3) is 10.8 Å². The van der Waals surface area contributed by atoms with Crippen molar-refractivity contribution in [3.8, 4) is 5.75 Å². The number of nitrogens with one attached hydrogen (secondary N) is 1. The normalized spacial score (nSPS) is 12.5. The van der Waals surface area contributed by atoms with Gasteiger partial charge in [-0.1, -0.05) is 24.3 Å². The molecule has 21 heavy (non-hydrogen) atoms. The van der Waals surface area contributed by atoms with Crippen molar-refractivity contribution in [2.75, 3.05) is 5.32 Å². The van der Waals surface area contributed by atoms with Gasteiger partial charge in [-0.05, 0) is 32.9 Å². The minimum atomic E-state index is 0.128. The Labute approximate surface area is 128 Å². The Kier molecular flexibility index (Phi) is 3.55. The summed E-state index contributed by atoms with van der Waals surface area (Å²) in [4.78, 5) is 5.86. The number of phenols is 1. The standard InChI is InChI=1S/C17H18N2OS/c1-10(17-11(2)21-12(3)19-17)18-15-8-4-7-14-13(15)6-5-9-16(14)20/h4-10,18,20H,1-3H3. The fourth-order valence-electron chi connectivity index (χ4n) is 2.67. The molecule has 0 amide bonds. The quantitative estimate of drug-likeness (QED) is 0.730. The first-order valence-corrected chi connectivity index (χ1v) is 7.79. The van der Waals surface area contributed by atoms with Crippen LogP contribution in [0, 0.1) is 13.8 Å². The fraction of sp³-hybridized carbons (Fsp3) is 0.235. The topological polar surface area (TPSA) is 45.2 Å². The summed E-state index contributed by atoms with van der Waals surface area (Å²) in [5, 5.41) is 16.4. The van der Waals surface area contributed by atoms with Gasteiger partial charge in [0, 0.05) is 21.3 Å². The van der Waals surface area contributed by atoms with Gasteiger partial charge in [-0.25, -0.2) is 4.98 Å². The maximum Gasteiger partial charge on any atom is 0.123 e. The Hall–Kier alpha value is -2.07. The zero-order valence-electron chi connectivity index (χ0n) is 12.3. The van der Waals surface area contributed by atoms with Gasteiger partial charge in [0.2, 0.25) is 0 Å². The second kappa shape index (κ2) is 5.37. The van der Waals surface area contributed by atoms with Crippen LogP contribution >= 0.6 is 11.3 Å². The monoisotopic (exact) mass is 298 g/mol. The number of nitrogens with zero attached hydrogens (tertiary/aromatic N) is 1. The lowest BCUT2D eigenvalue weighted by molar-refractivity contribution is 0.481. The number of aryl methyl sites for hydroxylation is 2. The smallest absolute Gasteiger partial charge is 0.123 e. The molecule has 3 aromatic rings. The second-order valence-electron chi connectivity index (χ2n) is 5.22. The number of benzene rings is 2. The second-order valence-corrected chi connectivity index (χ2v) is 6.63. The summed E-state index contributed by atoms with van der Waals surface area (Å²) in [6.45, 7) is 6.25. The average molecular weight is 298 g/mol. The largest absolute Gasteiger partial charge is 0.507 e. The number of anilines is 1. The van der Waals surface area contributed by atoms with Gasteiger partial charge in [0.05, 0.1) is 16.7 Å². The van der Waals surface area contributed by atoms with Crippen LogP contribution in [0.2, 0.25) is 0 Å². The minimum absolute atomic E-state index is 0.128. The Morgan fingerprint density at radius 3 is 2.52 bits per heavy atom. The summed E-state index contributed by atoms with van der Waals surface area (Å²) in [6, 6.07) is 11.6. The third-order valence-corrected chi connectivity index (χ3v) is 4.52. The van der Waals surface area contributed by atoms with Crippen molar-refractivity contribution >= 4 is 27.8 Å². The maximum atomic E-state index is 9.96. The molecule has 0 saturated carbocycles. The number of fused-ring (bicyclic) bond motifs is 1. The highest BCUT2D eigenvalue weighted by Gasteiger charge is 2.14. The number of aromatic hydroxyl groups is 1. The number of phenolic OH excluding ortho intramolecular Hbond substituents is 1. The summed E-state index contributed by atoms with van der Waals surface area (Å²) in [6.07, 6.45) is 0. The predicted octanol–water partition coefficient (Wildman–Crippen LogP) is 4.79. The van der Waals surface area contributed by atoms with Crippen molar-refractivity contribution in [1.29, 1.82) is 0 Å². The molecule has 0 aliphatic rings. The minimum Gasteiger partial charge on any atom is -0.507 e. The van der Waals surface area contributed by atoms with Crippen LogP contribution in [-0.2, 0) is 0 Å². The van der Waals surface area contributed by atoms with E-state index in [0.717, 1.165) is 27.2 Å². The molecule has 0 spiro atoms. The summed E-state index contributed by atoms with van der Waals surface area (Å²) in [5.41, 5.74) is 2.11. The third-order valence-electron chi connectivity index (χ3n) is 3.62. The van der Waals surface area contributed by atoms with Crippen molar-refractivity contribution in [2.45, 2.75) is 26.8 Å².